The Balaban J connectivity index is 1.94. The summed E-state index contributed by atoms with van der Waals surface area (Å²) in [7, 11) is -4.02. The van der Waals surface area contributed by atoms with Gasteiger partial charge >= 0.3 is 5.97 Å². The van der Waals surface area contributed by atoms with Gasteiger partial charge in [-0.3, -0.25) is 0 Å². The van der Waals surface area contributed by atoms with Gasteiger partial charge in [-0.05, 0) is 30.3 Å². The van der Waals surface area contributed by atoms with Crippen LogP contribution in [-0.2, 0) is 14.8 Å². The average molecular weight is 356 g/mol. The van der Waals surface area contributed by atoms with Crippen molar-refractivity contribution < 1.29 is 22.7 Å². The van der Waals surface area contributed by atoms with Crippen LogP contribution in [-0.4, -0.2) is 27.6 Å². The number of rotatable bonds is 6. The molecule has 23 heavy (non-hydrogen) atoms. The van der Waals surface area contributed by atoms with Gasteiger partial charge in [-0.15, -0.1) is 0 Å². The molecule has 0 heterocycles. The van der Waals surface area contributed by atoms with Crippen LogP contribution in [0, 0.1) is 0 Å². The number of ether oxygens (including phenoxy) is 2. The third-order valence-electron chi connectivity index (χ3n) is 2.80. The predicted molar refractivity (Wildman–Crippen MR) is 85.0 cm³/mol. The van der Waals surface area contributed by atoms with E-state index in [2.05, 4.69) is 0 Å². The Morgan fingerprint density at radius 3 is 2.43 bits per heavy atom. The highest BCUT2D eigenvalue weighted by Gasteiger charge is 2.17. The molecule has 0 aromatic heterocycles. The molecule has 2 aromatic carbocycles. The zero-order valence-electron chi connectivity index (χ0n) is 11.9. The zero-order valence-corrected chi connectivity index (χ0v) is 13.5. The molecule has 0 atom stereocenters. The van der Waals surface area contributed by atoms with E-state index >= 15 is 0 Å². The second-order valence-electron chi connectivity index (χ2n) is 4.49. The van der Waals surface area contributed by atoms with Crippen molar-refractivity contribution in [2.75, 3.05) is 13.2 Å². The van der Waals surface area contributed by atoms with E-state index < -0.39 is 16.0 Å². The van der Waals surface area contributed by atoms with Crippen LogP contribution < -0.4 is 9.88 Å². The van der Waals surface area contributed by atoms with Crippen LogP contribution in [0.1, 0.15) is 10.4 Å². The minimum Gasteiger partial charge on any atom is -0.490 e. The molecule has 0 saturated carbocycles. The maximum atomic E-state index is 11.9. The molecule has 0 unspecified atom stereocenters. The van der Waals surface area contributed by atoms with E-state index in [4.69, 9.17) is 26.2 Å². The first-order valence-electron chi connectivity index (χ1n) is 6.55. The number of hydrogen-bond donors (Lipinski definition) is 1. The lowest BCUT2D eigenvalue weighted by Crippen LogP contribution is -2.15. The predicted octanol–water partition coefficient (Wildman–Crippen LogP) is 2.22. The number of halogens is 1. The SMILES string of the molecule is NS(=O)(=O)c1cc(C(=O)OCCOc2ccccc2)ccc1Cl. The molecule has 0 amide bonds. The monoisotopic (exact) mass is 355 g/mol. The molecule has 0 fully saturated rings. The topological polar surface area (TPSA) is 95.7 Å². The number of esters is 1. The smallest absolute Gasteiger partial charge is 0.338 e. The number of nitrogens with two attached hydrogens (primary N) is 1. The van der Waals surface area contributed by atoms with Crippen molar-refractivity contribution in [2.24, 2.45) is 5.14 Å². The first-order chi connectivity index (χ1) is 10.9. The Hall–Kier alpha value is -2.09. The highest BCUT2D eigenvalue weighted by Crippen LogP contribution is 2.21. The number of benzene rings is 2. The molecule has 2 N–H and O–H groups in total. The summed E-state index contributed by atoms with van der Waals surface area (Å²) in [5, 5.41) is 4.97. The number of carbonyl (C=O) groups is 1. The highest BCUT2D eigenvalue weighted by atomic mass is 35.5. The van der Waals surface area contributed by atoms with Crippen molar-refractivity contribution in [3.8, 4) is 5.75 Å². The average Bonchev–Trinajstić information content (AvgIpc) is 2.51. The Morgan fingerprint density at radius 2 is 1.78 bits per heavy atom. The van der Waals surface area contributed by atoms with Gasteiger partial charge in [-0.25, -0.2) is 18.4 Å². The number of primary sulfonamides is 1. The largest absolute Gasteiger partial charge is 0.490 e. The molecule has 0 aliphatic heterocycles. The zero-order chi connectivity index (χ0) is 16.9. The maximum Gasteiger partial charge on any atom is 0.338 e. The van der Waals surface area contributed by atoms with Gasteiger partial charge in [0.15, 0.2) is 0 Å². The fourth-order valence-corrected chi connectivity index (χ4v) is 2.81. The van der Waals surface area contributed by atoms with E-state index in [1.165, 1.54) is 12.1 Å². The quantitative estimate of drug-likeness (QED) is 0.633. The molecule has 6 nitrogen and oxygen atoms in total. The summed E-state index contributed by atoms with van der Waals surface area (Å²) >= 11 is 5.75. The number of carbonyl (C=O) groups excluding carboxylic acids is 1. The maximum absolute atomic E-state index is 11.9. The summed E-state index contributed by atoms with van der Waals surface area (Å²) in [6.45, 7) is 0.187. The normalized spacial score (nSPS) is 11.0. The van der Waals surface area contributed by atoms with Gasteiger partial charge in [-0.1, -0.05) is 29.8 Å². The number of sulfonamides is 1. The number of para-hydroxylation sites is 1. The van der Waals surface area contributed by atoms with Crippen LogP contribution in [0.25, 0.3) is 0 Å². The van der Waals surface area contributed by atoms with Gasteiger partial charge < -0.3 is 9.47 Å². The molecule has 0 aliphatic carbocycles. The Morgan fingerprint density at radius 1 is 1.09 bits per heavy atom. The lowest BCUT2D eigenvalue weighted by atomic mass is 10.2. The minimum atomic E-state index is -4.02. The lowest BCUT2D eigenvalue weighted by molar-refractivity contribution is 0.0450. The summed E-state index contributed by atoms with van der Waals surface area (Å²) in [6.07, 6.45) is 0. The van der Waals surface area contributed by atoms with Crippen molar-refractivity contribution in [1.82, 2.24) is 0 Å². The van der Waals surface area contributed by atoms with Gasteiger partial charge in [0, 0.05) is 0 Å². The summed E-state index contributed by atoms with van der Waals surface area (Å²) in [4.78, 5) is 11.6. The van der Waals surface area contributed by atoms with Crippen molar-refractivity contribution in [2.45, 2.75) is 4.90 Å². The van der Waals surface area contributed by atoms with Crippen LogP contribution in [0.15, 0.2) is 53.4 Å². The second kappa shape index (κ2) is 7.45. The molecule has 8 heteroatoms. The first-order valence-corrected chi connectivity index (χ1v) is 8.47. The summed E-state index contributed by atoms with van der Waals surface area (Å²) < 4.78 is 33.1. The third kappa shape index (κ3) is 4.95. The van der Waals surface area contributed by atoms with E-state index in [0.717, 1.165) is 6.07 Å². The molecular weight excluding hydrogens is 342 g/mol. The highest BCUT2D eigenvalue weighted by molar-refractivity contribution is 7.89. The van der Waals surface area contributed by atoms with Crippen molar-refractivity contribution in [3.05, 3.63) is 59.1 Å². The molecule has 0 bridgehead atoms. The standard InChI is InChI=1S/C15H14ClNO5S/c16-13-7-6-11(10-14(13)23(17,19)20)15(18)22-9-8-21-12-4-2-1-3-5-12/h1-7,10H,8-9H2,(H2,17,19,20). The van der Waals surface area contributed by atoms with E-state index in [1.807, 2.05) is 18.2 Å². The van der Waals surface area contributed by atoms with Crippen LogP contribution in [0.5, 0.6) is 5.75 Å². The second-order valence-corrected chi connectivity index (χ2v) is 6.42. The fraction of sp³-hybridized carbons (Fsp3) is 0.133. The van der Waals surface area contributed by atoms with Gasteiger partial charge in [-0.2, -0.15) is 0 Å². The van der Waals surface area contributed by atoms with Crippen molar-refractivity contribution >= 4 is 27.6 Å². The fourth-order valence-electron chi connectivity index (χ4n) is 1.74. The van der Waals surface area contributed by atoms with Gasteiger partial charge in [0.2, 0.25) is 10.0 Å². The lowest BCUT2D eigenvalue weighted by Gasteiger charge is -2.08. The van der Waals surface area contributed by atoms with Crippen LogP contribution in [0.3, 0.4) is 0 Å². The number of hydrogen-bond acceptors (Lipinski definition) is 5. The molecule has 0 aliphatic rings. The molecule has 0 spiro atoms. The van der Waals surface area contributed by atoms with Crippen LogP contribution in [0.2, 0.25) is 5.02 Å². The van der Waals surface area contributed by atoms with Gasteiger partial charge in [0.1, 0.15) is 23.9 Å². The third-order valence-corrected chi connectivity index (χ3v) is 4.19. The van der Waals surface area contributed by atoms with Crippen LogP contribution in [0.4, 0.5) is 0 Å². The minimum absolute atomic E-state index is 0.0149. The summed E-state index contributed by atoms with van der Waals surface area (Å²) in [5.41, 5.74) is 0.0399. The Kier molecular flexibility index (Phi) is 5.59. The molecule has 0 radical (unpaired) electrons. The first kappa shape index (κ1) is 17.3. The molecule has 2 rings (SSSR count). The van der Waals surface area contributed by atoms with E-state index in [9.17, 15) is 13.2 Å². The van der Waals surface area contributed by atoms with Crippen molar-refractivity contribution in [3.63, 3.8) is 0 Å². The van der Waals surface area contributed by atoms with Gasteiger partial charge in [0.25, 0.3) is 0 Å². The van der Waals surface area contributed by atoms with Gasteiger partial charge in [0.05, 0.1) is 10.6 Å². The summed E-state index contributed by atoms with van der Waals surface area (Å²) in [5.74, 6) is -0.0326. The molecule has 0 saturated heterocycles. The molecule has 2 aromatic rings. The van der Waals surface area contributed by atoms with E-state index in [0.29, 0.717) is 5.75 Å². The summed E-state index contributed by atoms with van der Waals surface area (Å²) in [6, 6.07) is 12.8. The molecule has 122 valence electrons. The van der Waals surface area contributed by atoms with E-state index in [1.54, 1.807) is 12.1 Å². The van der Waals surface area contributed by atoms with Crippen molar-refractivity contribution in [1.29, 1.82) is 0 Å². The Bertz CT molecular complexity index is 793. The molecular formula is C15H14ClNO5S. The van der Waals surface area contributed by atoms with Crippen LogP contribution >= 0.6 is 11.6 Å². The van der Waals surface area contributed by atoms with E-state index in [-0.39, 0.29) is 28.7 Å². The Labute approximate surface area is 138 Å².